The number of aromatic nitrogens is 2. The Hall–Kier alpha value is -0.290. The fourth-order valence-electron chi connectivity index (χ4n) is 0.922. The predicted molar refractivity (Wildman–Crippen MR) is 69.4 cm³/mol. The van der Waals surface area contributed by atoms with E-state index in [0.717, 1.165) is 15.3 Å². The van der Waals surface area contributed by atoms with Gasteiger partial charge in [0.25, 0.3) is 0 Å². The van der Waals surface area contributed by atoms with E-state index in [-0.39, 0.29) is 0 Å². The number of thioether (sulfide) groups is 1. The van der Waals surface area contributed by atoms with Gasteiger partial charge in [-0.2, -0.15) is 0 Å². The first kappa shape index (κ1) is 12.8. The van der Waals surface area contributed by atoms with Gasteiger partial charge in [-0.15, -0.1) is 11.8 Å². The van der Waals surface area contributed by atoms with Gasteiger partial charge < -0.3 is 5.32 Å². The summed E-state index contributed by atoms with van der Waals surface area (Å²) in [5, 5.41) is 4.57. The van der Waals surface area contributed by atoms with Crippen LogP contribution in [0.15, 0.2) is 15.8 Å². The Morgan fingerprint density at radius 2 is 2.00 bits per heavy atom. The number of anilines is 1. The molecular formula is C10H16BrN3S. The first-order chi connectivity index (χ1) is 7.06. The van der Waals surface area contributed by atoms with Crippen LogP contribution in [0.2, 0.25) is 0 Å². The second kappa shape index (κ2) is 5.70. The van der Waals surface area contributed by atoms with Crippen LogP contribution >= 0.6 is 27.7 Å². The van der Waals surface area contributed by atoms with Crippen molar-refractivity contribution in [1.29, 1.82) is 0 Å². The Bertz CT molecular complexity index is 330. The van der Waals surface area contributed by atoms with Crippen LogP contribution in [-0.4, -0.2) is 22.3 Å². The van der Waals surface area contributed by atoms with Gasteiger partial charge in [-0.3, -0.25) is 0 Å². The molecule has 0 aliphatic heterocycles. The van der Waals surface area contributed by atoms with Crippen LogP contribution in [0, 0.1) is 5.92 Å². The van der Waals surface area contributed by atoms with Crippen molar-refractivity contribution in [3.05, 3.63) is 10.8 Å². The molecule has 0 saturated carbocycles. The second-order valence-corrected chi connectivity index (χ2v) is 5.82. The molecule has 0 saturated heterocycles. The van der Waals surface area contributed by atoms with Crippen molar-refractivity contribution in [1.82, 2.24) is 9.97 Å². The predicted octanol–water partition coefficient (Wildman–Crippen LogP) is 3.42. The SMILES string of the molecule is CNc1ncnc(SC(C)C(C)C)c1Br. The van der Waals surface area contributed by atoms with Crippen LogP contribution < -0.4 is 5.32 Å². The molecule has 1 unspecified atom stereocenters. The number of nitrogens with one attached hydrogen (secondary N) is 1. The lowest BCUT2D eigenvalue weighted by atomic mass is 10.2. The summed E-state index contributed by atoms with van der Waals surface area (Å²) in [6, 6.07) is 0. The van der Waals surface area contributed by atoms with Crippen molar-refractivity contribution in [2.24, 2.45) is 5.92 Å². The van der Waals surface area contributed by atoms with E-state index in [0.29, 0.717) is 11.2 Å². The summed E-state index contributed by atoms with van der Waals surface area (Å²) < 4.78 is 0.949. The smallest absolute Gasteiger partial charge is 0.144 e. The van der Waals surface area contributed by atoms with E-state index in [9.17, 15) is 0 Å². The van der Waals surface area contributed by atoms with E-state index >= 15 is 0 Å². The van der Waals surface area contributed by atoms with Gasteiger partial charge in [0, 0.05) is 12.3 Å². The van der Waals surface area contributed by atoms with Crippen LogP contribution in [0.1, 0.15) is 20.8 Å². The van der Waals surface area contributed by atoms with Gasteiger partial charge in [0.05, 0.1) is 4.47 Å². The number of halogens is 1. The molecule has 84 valence electrons. The molecule has 0 aromatic carbocycles. The topological polar surface area (TPSA) is 37.8 Å². The summed E-state index contributed by atoms with van der Waals surface area (Å²) in [6.07, 6.45) is 1.59. The fourth-order valence-corrected chi connectivity index (χ4v) is 2.54. The first-order valence-corrected chi connectivity index (χ1v) is 6.58. The zero-order valence-electron chi connectivity index (χ0n) is 9.41. The molecule has 0 aliphatic carbocycles. The van der Waals surface area contributed by atoms with Gasteiger partial charge in [0.2, 0.25) is 0 Å². The van der Waals surface area contributed by atoms with E-state index < -0.39 is 0 Å². The van der Waals surface area contributed by atoms with Gasteiger partial charge in [0.15, 0.2) is 0 Å². The molecule has 1 aromatic rings. The minimum atomic E-state index is 0.543. The Balaban J connectivity index is 2.86. The molecule has 0 spiro atoms. The van der Waals surface area contributed by atoms with E-state index in [2.05, 4.69) is 52.0 Å². The third-order valence-corrected chi connectivity index (χ3v) is 4.69. The van der Waals surface area contributed by atoms with Crippen LogP contribution in [0.3, 0.4) is 0 Å². The third kappa shape index (κ3) is 3.34. The van der Waals surface area contributed by atoms with Crippen molar-refractivity contribution in [2.45, 2.75) is 31.0 Å². The van der Waals surface area contributed by atoms with Crippen LogP contribution in [0.25, 0.3) is 0 Å². The molecule has 1 heterocycles. The highest BCUT2D eigenvalue weighted by Gasteiger charge is 2.14. The van der Waals surface area contributed by atoms with Crippen molar-refractivity contribution in [3.63, 3.8) is 0 Å². The second-order valence-electron chi connectivity index (χ2n) is 3.66. The molecule has 1 atom stereocenters. The van der Waals surface area contributed by atoms with Crippen molar-refractivity contribution in [2.75, 3.05) is 12.4 Å². The lowest BCUT2D eigenvalue weighted by Crippen LogP contribution is -2.06. The molecule has 0 bridgehead atoms. The molecule has 3 nitrogen and oxygen atoms in total. The van der Waals surface area contributed by atoms with E-state index in [1.807, 2.05) is 7.05 Å². The van der Waals surface area contributed by atoms with Crippen molar-refractivity contribution in [3.8, 4) is 0 Å². The maximum absolute atomic E-state index is 4.27. The minimum Gasteiger partial charge on any atom is -0.372 e. The van der Waals surface area contributed by atoms with Gasteiger partial charge in [-0.05, 0) is 21.8 Å². The average Bonchev–Trinajstić information content (AvgIpc) is 2.21. The molecule has 1 aromatic heterocycles. The maximum Gasteiger partial charge on any atom is 0.144 e. The normalized spacial score (nSPS) is 12.9. The molecule has 5 heteroatoms. The summed E-state index contributed by atoms with van der Waals surface area (Å²) in [5.41, 5.74) is 0. The summed E-state index contributed by atoms with van der Waals surface area (Å²) in [5.74, 6) is 1.47. The van der Waals surface area contributed by atoms with Gasteiger partial charge in [-0.25, -0.2) is 9.97 Å². The monoisotopic (exact) mass is 289 g/mol. The third-order valence-electron chi connectivity index (χ3n) is 2.23. The summed E-state index contributed by atoms with van der Waals surface area (Å²) in [4.78, 5) is 8.40. The highest BCUT2D eigenvalue weighted by Crippen LogP contribution is 2.34. The zero-order chi connectivity index (χ0) is 11.4. The molecule has 1 N–H and O–H groups in total. The number of nitrogens with zero attached hydrogens (tertiary/aromatic N) is 2. The Morgan fingerprint density at radius 1 is 1.33 bits per heavy atom. The number of rotatable bonds is 4. The molecular weight excluding hydrogens is 274 g/mol. The van der Waals surface area contributed by atoms with Crippen LogP contribution in [0.5, 0.6) is 0 Å². The molecule has 0 radical (unpaired) electrons. The standard InChI is InChI=1S/C10H16BrN3S/c1-6(2)7(3)15-10-8(11)9(12-4)13-5-14-10/h5-7H,1-4H3,(H,12,13,14). The van der Waals surface area contributed by atoms with Gasteiger partial charge in [0.1, 0.15) is 17.2 Å². The number of hydrogen-bond donors (Lipinski definition) is 1. The minimum absolute atomic E-state index is 0.543. The summed E-state index contributed by atoms with van der Waals surface area (Å²) in [7, 11) is 1.85. The quantitative estimate of drug-likeness (QED) is 0.681. The first-order valence-electron chi connectivity index (χ1n) is 4.91. The Morgan fingerprint density at radius 3 is 2.53 bits per heavy atom. The van der Waals surface area contributed by atoms with E-state index in [4.69, 9.17) is 0 Å². The summed E-state index contributed by atoms with van der Waals surface area (Å²) >= 11 is 5.28. The molecule has 0 aliphatic rings. The number of hydrogen-bond acceptors (Lipinski definition) is 4. The van der Waals surface area contributed by atoms with Gasteiger partial charge >= 0.3 is 0 Å². The highest BCUT2D eigenvalue weighted by atomic mass is 79.9. The van der Waals surface area contributed by atoms with E-state index in [1.165, 1.54) is 0 Å². The molecule has 0 amide bonds. The van der Waals surface area contributed by atoms with E-state index in [1.54, 1.807) is 18.1 Å². The van der Waals surface area contributed by atoms with Crippen LogP contribution in [-0.2, 0) is 0 Å². The highest BCUT2D eigenvalue weighted by molar-refractivity contribution is 9.10. The molecule has 15 heavy (non-hydrogen) atoms. The Kier molecular flexibility index (Phi) is 4.86. The molecule has 0 fully saturated rings. The average molecular weight is 290 g/mol. The lowest BCUT2D eigenvalue weighted by Gasteiger charge is -2.15. The molecule has 1 rings (SSSR count). The summed E-state index contributed by atoms with van der Waals surface area (Å²) in [6.45, 7) is 6.64. The van der Waals surface area contributed by atoms with Crippen LogP contribution in [0.4, 0.5) is 5.82 Å². The Labute approximate surface area is 104 Å². The largest absolute Gasteiger partial charge is 0.372 e. The zero-order valence-corrected chi connectivity index (χ0v) is 11.8. The maximum atomic E-state index is 4.27. The fraction of sp³-hybridized carbons (Fsp3) is 0.600. The van der Waals surface area contributed by atoms with Gasteiger partial charge in [-0.1, -0.05) is 20.8 Å². The van der Waals surface area contributed by atoms with Crippen molar-refractivity contribution >= 4 is 33.5 Å². The van der Waals surface area contributed by atoms with Crippen molar-refractivity contribution < 1.29 is 0 Å². The lowest BCUT2D eigenvalue weighted by molar-refractivity contribution is 0.641.